The fourth-order valence-electron chi connectivity index (χ4n) is 4.40. The van der Waals surface area contributed by atoms with Gasteiger partial charge in [-0.25, -0.2) is 9.18 Å². The lowest BCUT2D eigenvalue weighted by atomic mass is 9.99. The van der Waals surface area contributed by atoms with Gasteiger partial charge in [0.15, 0.2) is 0 Å². The second kappa shape index (κ2) is 10.7. The van der Waals surface area contributed by atoms with Crippen LogP contribution in [0.25, 0.3) is 22.0 Å². The zero-order chi connectivity index (χ0) is 26.8. The number of carbonyl (C=O) groups is 2. The highest BCUT2D eigenvalue weighted by Crippen LogP contribution is 2.30. The molecular weight excluding hydrogens is 526 g/mol. The molecule has 0 saturated heterocycles. The van der Waals surface area contributed by atoms with Gasteiger partial charge in [0.25, 0.3) is 5.91 Å². The lowest BCUT2D eigenvalue weighted by molar-refractivity contribution is 0.0696. The van der Waals surface area contributed by atoms with Crippen molar-refractivity contribution < 1.29 is 19.1 Å². The third-order valence-electron chi connectivity index (χ3n) is 6.21. The molecule has 4 aromatic carbocycles. The van der Waals surface area contributed by atoms with E-state index in [-0.39, 0.29) is 23.8 Å². The molecule has 2 N–H and O–H groups in total. The van der Waals surface area contributed by atoms with Crippen LogP contribution >= 0.6 is 23.2 Å². The van der Waals surface area contributed by atoms with Crippen molar-refractivity contribution in [2.75, 3.05) is 0 Å². The lowest BCUT2D eigenvalue weighted by Gasteiger charge is -2.14. The monoisotopic (exact) mass is 546 g/mol. The predicted octanol–water partition coefficient (Wildman–Crippen LogP) is 7.43. The Bertz CT molecular complexity index is 1640. The van der Waals surface area contributed by atoms with Gasteiger partial charge < -0.3 is 15.0 Å². The number of amides is 1. The Hall–Kier alpha value is -4.13. The standard InChI is InChI=1S/C30H21Cl2FN2O3/c31-24-11-19(12-25(32)15-24)17-35-10-9-22-13-23(20-5-7-26(33)8-6-20)14-27(28(22)35)29(36)34-16-18-1-3-21(4-2-18)30(37)38/h1-15H,16-17H2,(H,34,36)(H,37,38). The van der Waals surface area contributed by atoms with Crippen LogP contribution in [0.15, 0.2) is 91.1 Å². The molecule has 5 nitrogen and oxygen atoms in total. The van der Waals surface area contributed by atoms with Gasteiger partial charge in [-0.15, -0.1) is 0 Å². The van der Waals surface area contributed by atoms with E-state index < -0.39 is 5.97 Å². The Labute approximate surface area is 228 Å². The van der Waals surface area contributed by atoms with Crippen molar-refractivity contribution in [3.63, 3.8) is 0 Å². The quantitative estimate of drug-likeness (QED) is 0.223. The van der Waals surface area contributed by atoms with Gasteiger partial charge in [0.1, 0.15) is 5.82 Å². The molecule has 0 saturated carbocycles. The molecule has 5 aromatic rings. The highest BCUT2D eigenvalue weighted by Gasteiger charge is 2.17. The minimum atomic E-state index is -1.01. The summed E-state index contributed by atoms with van der Waals surface area (Å²) in [6, 6.07) is 23.4. The van der Waals surface area contributed by atoms with Crippen molar-refractivity contribution in [3.8, 4) is 11.1 Å². The molecule has 190 valence electrons. The van der Waals surface area contributed by atoms with Gasteiger partial charge in [-0.2, -0.15) is 0 Å². The number of fused-ring (bicyclic) bond motifs is 1. The van der Waals surface area contributed by atoms with Gasteiger partial charge in [-0.1, -0.05) is 47.5 Å². The zero-order valence-electron chi connectivity index (χ0n) is 19.9. The summed E-state index contributed by atoms with van der Waals surface area (Å²) in [6.45, 7) is 0.655. The van der Waals surface area contributed by atoms with Crippen molar-refractivity contribution in [1.29, 1.82) is 0 Å². The molecule has 0 spiro atoms. The summed E-state index contributed by atoms with van der Waals surface area (Å²) in [6.07, 6.45) is 1.90. The van der Waals surface area contributed by atoms with Crippen LogP contribution in [0, 0.1) is 5.82 Å². The molecular formula is C30H21Cl2FN2O3. The van der Waals surface area contributed by atoms with Crippen LogP contribution in [0.2, 0.25) is 10.0 Å². The molecule has 0 aliphatic carbocycles. The Balaban J connectivity index is 1.53. The first-order valence-electron chi connectivity index (χ1n) is 11.7. The number of carbonyl (C=O) groups excluding carboxylic acids is 1. The number of nitrogens with zero attached hydrogens (tertiary/aromatic N) is 1. The van der Waals surface area contributed by atoms with Crippen LogP contribution in [0.5, 0.6) is 0 Å². The van der Waals surface area contributed by atoms with Gasteiger partial charge >= 0.3 is 5.97 Å². The van der Waals surface area contributed by atoms with E-state index >= 15 is 0 Å². The number of aromatic carboxylic acids is 1. The van der Waals surface area contributed by atoms with E-state index in [4.69, 9.17) is 28.3 Å². The van der Waals surface area contributed by atoms with Crippen LogP contribution in [0.1, 0.15) is 31.8 Å². The van der Waals surface area contributed by atoms with Crippen LogP contribution in [-0.2, 0) is 13.1 Å². The normalized spacial score (nSPS) is 11.0. The van der Waals surface area contributed by atoms with Crippen molar-refractivity contribution in [1.82, 2.24) is 9.88 Å². The molecule has 0 unspecified atom stereocenters. The number of halogens is 3. The fourth-order valence-corrected chi connectivity index (χ4v) is 4.98. The molecule has 0 radical (unpaired) electrons. The summed E-state index contributed by atoms with van der Waals surface area (Å²) >= 11 is 12.4. The van der Waals surface area contributed by atoms with Crippen molar-refractivity contribution in [3.05, 3.63) is 129 Å². The molecule has 38 heavy (non-hydrogen) atoms. The van der Waals surface area contributed by atoms with E-state index in [1.54, 1.807) is 36.4 Å². The Kier molecular flexibility index (Phi) is 7.18. The Morgan fingerprint density at radius 1 is 0.816 bits per heavy atom. The van der Waals surface area contributed by atoms with E-state index in [1.807, 2.05) is 35.0 Å². The first kappa shape index (κ1) is 25.5. The molecule has 5 rings (SSSR count). The van der Waals surface area contributed by atoms with E-state index in [2.05, 4.69) is 5.32 Å². The van der Waals surface area contributed by atoms with Crippen LogP contribution in [0.4, 0.5) is 4.39 Å². The number of benzene rings is 4. The maximum atomic E-state index is 13.5. The predicted molar refractivity (Wildman–Crippen MR) is 147 cm³/mol. The van der Waals surface area contributed by atoms with Gasteiger partial charge in [-0.3, -0.25) is 4.79 Å². The molecule has 0 aliphatic rings. The van der Waals surface area contributed by atoms with E-state index in [0.29, 0.717) is 22.2 Å². The van der Waals surface area contributed by atoms with Gasteiger partial charge in [-0.05, 0) is 82.9 Å². The van der Waals surface area contributed by atoms with Crippen molar-refractivity contribution in [2.45, 2.75) is 13.1 Å². The topological polar surface area (TPSA) is 71.3 Å². The first-order chi connectivity index (χ1) is 18.3. The molecule has 1 heterocycles. The highest BCUT2D eigenvalue weighted by molar-refractivity contribution is 6.34. The zero-order valence-corrected chi connectivity index (χ0v) is 21.4. The fraction of sp³-hybridized carbons (Fsp3) is 0.0667. The van der Waals surface area contributed by atoms with Crippen molar-refractivity contribution >= 4 is 46.0 Å². The molecule has 0 aliphatic heterocycles. The smallest absolute Gasteiger partial charge is 0.335 e. The van der Waals surface area contributed by atoms with E-state index in [9.17, 15) is 14.0 Å². The number of hydrogen-bond acceptors (Lipinski definition) is 2. The van der Waals surface area contributed by atoms with Crippen LogP contribution in [-0.4, -0.2) is 21.6 Å². The lowest BCUT2D eigenvalue weighted by Crippen LogP contribution is -2.23. The number of nitrogens with one attached hydrogen (secondary N) is 1. The first-order valence-corrected chi connectivity index (χ1v) is 12.5. The maximum Gasteiger partial charge on any atom is 0.335 e. The number of hydrogen-bond donors (Lipinski definition) is 2. The average molecular weight is 547 g/mol. The molecule has 1 aromatic heterocycles. The summed E-state index contributed by atoms with van der Waals surface area (Å²) < 4.78 is 15.5. The van der Waals surface area contributed by atoms with Crippen LogP contribution in [0.3, 0.4) is 0 Å². The number of carboxylic acid groups (broad SMARTS) is 1. The number of carboxylic acids is 1. The van der Waals surface area contributed by atoms with Gasteiger partial charge in [0, 0.05) is 34.7 Å². The van der Waals surface area contributed by atoms with E-state index in [1.165, 1.54) is 24.3 Å². The Morgan fingerprint density at radius 3 is 2.16 bits per heavy atom. The molecule has 0 fully saturated rings. The molecule has 1 amide bonds. The summed E-state index contributed by atoms with van der Waals surface area (Å²) in [5, 5.41) is 13.9. The minimum absolute atomic E-state index is 0.174. The third kappa shape index (κ3) is 5.57. The number of aromatic nitrogens is 1. The minimum Gasteiger partial charge on any atom is -0.478 e. The largest absolute Gasteiger partial charge is 0.478 e. The van der Waals surface area contributed by atoms with Gasteiger partial charge in [0.2, 0.25) is 0 Å². The SMILES string of the molecule is O=C(O)c1ccc(CNC(=O)c2cc(-c3ccc(F)cc3)cc3ccn(Cc4cc(Cl)cc(Cl)c4)c23)cc1. The molecule has 8 heteroatoms. The third-order valence-corrected chi connectivity index (χ3v) is 6.65. The van der Waals surface area contributed by atoms with Crippen molar-refractivity contribution in [2.24, 2.45) is 0 Å². The Morgan fingerprint density at radius 2 is 1.50 bits per heavy atom. The average Bonchev–Trinajstić information content (AvgIpc) is 3.29. The summed E-state index contributed by atoms with van der Waals surface area (Å²) in [4.78, 5) is 24.7. The maximum absolute atomic E-state index is 13.5. The van der Waals surface area contributed by atoms with Crippen LogP contribution < -0.4 is 5.32 Å². The molecule has 0 bridgehead atoms. The summed E-state index contributed by atoms with van der Waals surface area (Å²) in [7, 11) is 0. The number of rotatable bonds is 7. The second-order valence-electron chi connectivity index (χ2n) is 8.87. The second-order valence-corrected chi connectivity index (χ2v) is 9.75. The summed E-state index contributed by atoms with van der Waals surface area (Å²) in [5.74, 6) is -1.65. The molecule has 0 atom stereocenters. The highest BCUT2D eigenvalue weighted by atomic mass is 35.5. The summed E-state index contributed by atoms with van der Waals surface area (Å²) in [5.41, 5.74) is 4.55. The van der Waals surface area contributed by atoms with E-state index in [0.717, 1.165) is 33.2 Å². The van der Waals surface area contributed by atoms with Gasteiger partial charge in [0.05, 0.1) is 16.6 Å².